The van der Waals surface area contributed by atoms with Gasteiger partial charge in [-0.15, -0.1) is 0 Å². The maximum absolute atomic E-state index is 12.1. The highest BCUT2D eigenvalue weighted by molar-refractivity contribution is 5.97. The van der Waals surface area contributed by atoms with Crippen molar-refractivity contribution < 1.29 is 19.1 Å². The summed E-state index contributed by atoms with van der Waals surface area (Å²) in [6.07, 6.45) is 2.69. The lowest BCUT2D eigenvalue weighted by molar-refractivity contribution is -0.123. The number of aliphatic hydroxyl groups is 1. The number of carbonyl (C=O) groups is 2. The van der Waals surface area contributed by atoms with E-state index in [4.69, 9.17) is 4.42 Å². The van der Waals surface area contributed by atoms with Crippen LogP contribution in [0.15, 0.2) is 53.3 Å². The van der Waals surface area contributed by atoms with E-state index < -0.39 is 18.0 Å². The van der Waals surface area contributed by atoms with Crippen molar-refractivity contribution in [2.45, 2.75) is 19.0 Å². The van der Waals surface area contributed by atoms with E-state index in [1.165, 1.54) is 18.6 Å². The molecule has 6 nitrogen and oxygen atoms in total. The third-order valence-electron chi connectivity index (χ3n) is 3.23. The Morgan fingerprint density at radius 3 is 2.50 bits per heavy atom. The first-order chi connectivity index (χ1) is 10.6. The Morgan fingerprint density at radius 1 is 1.18 bits per heavy atom. The molecular formula is C16H18N2O4. The van der Waals surface area contributed by atoms with E-state index in [1.54, 1.807) is 6.92 Å². The van der Waals surface area contributed by atoms with Gasteiger partial charge in [-0.2, -0.15) is 0 Å². The lowest BCUT2D eigenvalue weighted by Crippen LogP contribution is -2.46. The van der Waals surface area contributed by atoms with Crippen LogP contribution in [0.3, 0.4) is 0 Å². The van der Waals surface area contributed by atoms with E-state index in [-0.39, 0.29) is 12.5 Å². The highest BCUT2D eigenvalue weighted by Crippen LogP contribution is 2.11. The predicted molar refractivity (Wildman–Crippen MR) is 80.0 cm³/mol. The van der Waals surface area contributed by atoms with Crippen LogP contribution in [0.25, 0.3) is 0 Å². The molecule has 2 amide bonds. The average Bonchev–Trinajstić information content (AvgIpc) is 3.07. The van der Waals surface area contributed by atoms with Crippen LogP contribution in [-0.4, -0.2) is 29.6 Å². The summed E-state index contributed by atoms with van der Waals surface area (Å²) in [6.45, 7) is 1.35. The van der Waals surface area contributed by atoms with Gasteiger partial charge in [0.05, 0.1) is 24.5 Å². The van der Waals surface area contributed by atoms with E-state index in [1.807, 2.05) is 30.3 Å². The summed E-state index contributed by atoms with van der Waals surface area (Å²) in [5.74, 6) is -0.767. The standard InChI is InChI=1S/C16H18N2O4/c1-11(17-16(21)13-7-8-22-10-13)15(20)18-14(9-19)12-5-3-2-4-6-12/h2-8,10-11,14,19H,9H2,1H3,(H,17,21)(H,18,20). The summed E-state index contributed by atoms with van der Waals surface area (Å²) in [7, 11) is 0. The van der Waals surface area contributed by atoms with Gasteiger partial charge in [-0.25, -0.2) is 0 Å². The fourth-order valence-electron chi connectivity index (χ4n) is 1.96. The second kappa shape index (κ2) is 7.42. The molecule has 22 heavy (non-hydrogen) atoms. The van der Waals surface area contributed by atoms with Gasteiger partial charge in [-0.05, 0) is 18.6 Å². The van der Waals surface area contributed by atoms with Crippen LogP contribution in [0.5, 0.6) is 0 Å². The average molecular weight is 302 g/mol. The third-order valence-corrected chi connectivity index (χ3v) is 3.23. The molecule has 0 saturated heterocycles. The van der Waals surface area contributed by atoms with Crippen molar-refractivity contribution in [1.29, 1.82) is 0 Å². The molecular weight excluding hydrogens is 284 g/mol. The van der Waals surface area contributed by atoms with Crippen LogP contribution in [0.1, 0.15) is 28.9 Å². The van der Waals surface area contributed by atoms with E-state index in [0.29, 0.717) is 5.56 Å². The van der Waals surface area contributed by atoms with Gasteiger partial charge in [0.15, 0.2) is 0 Å². The first-order valence-electron chi connectivity index (χ1n) is 6.91. The molecule has 1 aromatic carbocycles. The summed E-state index contributed by atoms with van der Waals surface area (Å²) in [4.78, 5) is 24.0. The van der Waals surface area contributed by atoms with Crippen molar-refractivity contribution in [2.75, 3.05) is 6.61 Å². The van der Waals surface area contributed by atoms with Gasteiger partial charge in [0.2, 0.25) is 5.91 Å². The fraction of sp³-hybridized carbons (Fsp3) is 0.250. The highest BCUT2D eigenvalue weighted by Gasteiger charge is 2.20. The summed E-state index contributed by atoms with van der Waals surface area (Å²) < 4.78 is 4.82. The number of hydrogen-bond donors (Lipinski definition) is 3. The monoisotopic (exact) mass is 302 g/mol. The second-order valence-corrected chi connectivity index (χ2v) is 4.86. The Bertz CT molecular complexity index is 610. The normalized spacial score (nSPS) is 13.2. The van der Waals surface area contributed by atoms with Crippen LogP contribution >= 0.6 is 0 Å². The van der Waals surface area contributed by atoms with Crippen molar-refractivity contribution in [2.24, 2.45) is 0 Å². The van der Waals surface area contributed by atoms with Crippen LogP contribution in [-0.2, 0) is 4.79 Å². The number of nitrogens with one attached hydrogen (secondary N) is 2. The van der Waals surface area contributed by atoms with Crippen molar-refractivity contribution in [3.63, 3.8) is 0 Å². The van der Waals surface area contributed by atoms with Crippen LogP contribution < -0.4 is 10.6 Å². The first kappa shape index (κ1) is 15.8. The zero-order chi connectivity index (χ0) is 15.9. The molecule has 0 aliphatic heterocycles. The maximum atomic E-state index is 12.1. The van der Waals surface area contributed by atoms with Gasteiger partial charge >= 0.3 is 0 Å². The lowest BCUT2D eigenvalue weighted by atomic mass is 10.1. The molecule has 116 valence electrons. The molecule has 2 aromatic rings. The summed E-state index contributed by atoms with van der Waals surface area (Å²) >= 11 is 0. The number of furan rings is 1. The summed E-state index contributed by atoms with van der Waals surface area (Å²) in [6, 6.07) is 9.41. The van der Waals surface area contributed by atoms with Crippen molar-refractivity contribution >= 4 is 11.8 Å². The zero-order valence-corrected chi connectivity index (χ0v) is 12.2. The van der Waals surface area contributed by atoms with Crippen LogP contribution in [0, 0.1) is 0 Å². The summed E-state index contributed by atoms with van der Waals surface area (Å²) in [5, 5.41) is 14.7. The number of aliphatic hydroxyl groups excluding tert-OH is 1. The predicted octanol–water partition coefficient (Wildman–Crippen LogP) is 1.25. The Morgan fingerprint density at radius 2 is 1.91 bits per heavy atom. The second-order valence-electron chi connectivity index (χ2n) is 4.86. The largest absolute Gasteiger partial charge is 0.472 e. The molecule has 3 N–H and O–H groups in total. The van der Waals surface area contributed by atoms with Gasteiger partial charge in [0.25, 0.3) is 5.91 Å². The van der Waals surface area contributed by atoms with Crippen molar-refractivity contribution in [3.05, 3.63) is 60.1 Å². The molecule has 2 rings (SSSR count). The SMILES string of the molecule is CC(NC(=O)c1ccoc1)C(=O)NC(CO)c1ccccc1. The topological polar surface area (TPSA) is 91.6 Å². The molecule has 0 aliphatic rings. The van der Waals surface area contributed by atoms with Gasteiger partial charge in [-0.1, -0.05) is 30.3 Å². The quantitative estimate of drug-likeness (QED) is 0.749. The van der Waals surface area contributed by atoms with Gasteiger partial charge in [-0.3, -0.25) is 9.59 Å². The highest BCUT2D eigenvalue weighted by atomic mass is 16.3. The fourth-order valence-corrected chi connectivity index (χ4v) is 1.96. The molecule has 0 spiro atoms. The number of benzene rings is 1. The van der Waals surface area contributed by atoms with E-state index in [2.05, 4.69) is 10.6 Å². The Kier molecular flexibility index (Phi) is 5.32. The molecule has 0 radical (unpaired) electrons. The molecule has 0 aliphatic carbocycles. The molecule has 2 unspecified atom stereocenters. The smallest absolute Gasteiger partial charge is 0.255 e. The maximum Gasteiger partial charge on any atom is 0.255 e. The molecule has 2 atom stereocenters. The lowest BCUT2D eigenvalue weighted by Gasteiger charge is -2.20. The minimum atomic E-state index is -0.736. The number of amides is 2. The molecule has 1 aromatic heterocycles. The zero-order valence-electron chi connectivity index (χ0n) is 12.2. The number of rotatable bonds is 6. The number of hydrogen-bond acceptors (Lipinski definition) is 4. The Balaban J connectivity index is 1.94. The van der Waals surface area contributed by atoms with E-state index in [9.17, 15) is 14.7 Å². The van der Waals surface area contributed by atoms with Crippen molar-refractivity contribution in [1.82, 2.24) is 10.6 Å². The molecule has 0 saturated carbocycles. The summed E-state index contributed by atoms with van der Waals surface area (Å²) in [5.41, 5.74) is 1.15. The van der Waals surface area contributed by atoms with Crippen LogP contribution in [0.4, 0.5) is 0 Å². The van der Waals surface area contributed by atoms with Crippen LogP contribution in [0.2, 0.25) is 0 Å². The molecule has 6 heteroatoms. The minimum absolute atomic E-state index is 0.224. The third kappa shape index (κ3) is 3.95. The molecule has 1 heterocycles. The Labute approximate surface area is 128 Å². The Hall–Kier alpha value is -2.60. The first-order valence-corrected chi connectivity index (χ1v) is 6.91. The van der Waals surface area contributed by atoms with Gasteiger partial charge in [0.1, 0.15) is 12.3 Å². The van der Waals surface area contributed by atoms with Gasteiger partial charge in [0, 0.05) is 0 Å². The minimum Gasteiger partial charge on any atom is -0.472 e. The van der Waals surface area contributed by atoms with E-state index in [0.717, 1.165) is 5.56 Å². The molecule has 0 bridgehead atoms. The molecule has 0 fully saturated rings. The van der Waals surface area contributed by atoms with Gasteiger partial charge < -0.3 is 20.2 Å². The van der Waals surface area contributed by atoms with E-state index >= 15 is 0 Å². The number of carbonyl (C=O) groups excluding carboxylic acids is 2. The van der Waals surface area contributed by atoms with Crippen molar-refractivity contribution in [3.8, 4) is 0 Å².